The van der Waals surface area contributed by atoms with Crippen molar-refractivity contribution in [3.8, 4) is 0 Å². The number of hydrogen-bond donors (Lipinski definition) is 1. The topological polar surface area (TPSA) is 43.8 Å². The van der Waals surface area contributed by atoms with E-state index < -0.39 is 11.9 Å². The maximum Gasteiger partial charge on any atom is 0.129 e. The summed E-state index contributed by atoms with van der Waals surface area (Å²) in [5.74, 6) is -0.456. The molecule has 6 heteroatoms. The average molecular weight is 274 g/mol. The number of halogens is 3. The van der Waals surface area contributed by atoms with E-state index in [1.54, 1.807) is 19.2 Å². The van der Waals surface area contributed by atoms with E-state index in [4.69, 9.17) is 28.9 Å². The Labute approximate surface area is 108 Å². The van der Waals surface area contributed by atoms with Crippen LogP contribution in [0.5, 0.6) is 0 Å². The van der Waals surface area contributed by atoms with Crippen molar-refractivity contribution in [1.29, 1.82) is 0 Å². The second-order valence-electron chi connectivity index (χ2n) is 3.64. The van der Waals surface area contributed by atoms with Gasteiger partial charge in [0.25, 0.3) is 0 Å². The fraction of sp³-hybridized carbons (Fsp3) is 0.182. The van der Waals surface area contributed by atoms with Crippen molar-refractivity contribution >= 4 is 23.2 Å². The van der Waals surface area contributed by atoms with Crippen LogP contribution >= 0.6 is 23.2 Å². The van der Waals surface area contributed by atoms with Gasteiger partial charge in [-0.25, -0.2) is 4.39 Å². The van der Waals surface area contributed by atoms with Gasteiger partial charge in [0, 0.05) is 17.6 Å². The van der Waals surface area contributed by atoms with Crippen molar-refractivity contribution in [2.45, 2.75) is 6.04 Å². The molecule has 1 heterocycles. The van der Waals surface area contributed by atoms with Gasteiger partial charge < -0.3 is 5.73 Å². The lowest BCUT2D eigenvalue weighted by atomic mass is 10.0. The number of nitrogens with two attached hydrogens (primary N) is 1. The van der Waals surface area contributed by atoms with Crippen LogP contribution in [0.25, 0.3) is 0 Å². The molecule has 0 saturated carbocycles. The van der Waals surface area contributed by atoms with Gasteiger partial charge >= 0.3 is 0 Å². The Balaban J connectivity index is 2.47. The number of aromatic nitrogens is 2. The molecule has 0 aliphatic rings. The fourth-order valence-electron chi connectivity index (χ4n) is 1.67. The number of rotatable bonds is 2. The van der Waals surface area contributed by atoms with Crippen LogP contribution in [0.2, 0.25) is 10.0 Å². The molecule has 0 radical (unpaired) electrons. The van der Waals surface area contributed by atoms with E-state index in [1.807, 2.05) is 0 Å². The molecule has 90 valence electrons. The molecule has 0 fully saturated rings. The zero-order chi connectivity index (χ0) is 12.6. The van der Waals surface area contributed by atoms with E-state index in [0.29, 0.717) is 21.3 Å². The molecule has 17 heavy (non-hydrogen) atoms. The van der Waals surface area contributed by atoms with Crippen molar-refractivity contribution in [1.82, 2.24) is 9.78 Å². The van der Waals surface area contributed by atoms with Crippen LogP contribution in [0.3, 0.4) is 0 Å². The molecule has 0 bridgehead atoms. The van der Waals surface area contributed by atoms with Gasteiger partial charge in [-0.2, -0.15) is 5.10 Å². The summed E-state index contributed by atoms with van der Waals surface area (Å²) in [6.07, 6.45) is 1.48. The highest BCUT2D eigenvalue weighted by Crippen LogP contribution is 2.28. The minimum absolute atomic E-state index is 0.328. The molecule has 0 aliphatic heterocycles. The van der Waals surface area contributed by atoms with Crippen LogP contribution in [0.4, 0.5) is 4.39 Å². The number of nitrogens with zero attached hydrogens (tertiary/aromatic N) is 2. The zero-order valence-corrected chi connectivity index (χ0v) is 10.5. The first-order valence-electron chi connectivity index (χ1n) is 4.88. The van der Waals surface area contributed by atoms with Crippen LogP contribution < -0.4 is 5.73 Å². The van der Waals surface area contributed by atoms with Gasteiger partial charge in [0.15, 0.2) is 0 Å². The molecule has 3 nitrogen and oxygen atoms in total. The Kier molecular flexibility index (Phi) is 3.38. The number of aryl methyl sites for hydroxylation is 1. The lowest BCUT2D eigenvalue weighted by Crippen LogP contribution is -2.17. The highest BCUT2D eigenvalue weighted by Gasteiger charge is 2.20. The van der Waals surface area contributed by atoms with Crippen molar-refractivity contribution < 1.29 is 4.39 Å². The number of hydrogen-bond acceptors (Lipinski definition) is 2. The molecule has 2 N–H and O–H groups in total. The van der Waals surface area contributed by atoms with Gasteiger partial charge in [0.2, 0.25) is 0 Å². The van der Waals surface area contributed by atoms with Gasteiger partial charge in [0.05, 0.1) is 23.0 Å². The Morgan fingerprint density at radius 3 is 2.65 bits per heavy atom. The summed E-state index contributed by atoms with van der Waals surface area (Å²) in [5.41, 5.74) is 6.88. The van der Waals surface area contributed by atoms with Gasteiger partial charge in [-0.3, -0.25) is 4.68 Å². The summed E-state index contributed by atoms with van der Waals surface area (Å²) in [4.78, 5) is 0. The average Bonchev–Trinajstić information content (AvgIpc) is 2.58. The van der Waals surface area contributed by atoms with Crippen molar-refractivity contribution in [2.75, 3.05) is 0 Å². The van der Waals surface area contributed by atoms with E-state index in [9.17, 15) is 4.39 Å². The molecule has 1 atom stereocenters. The van der Waals surface area contributed by atoms with Crippen molar-refractivity contribution in [3.05, 3.63) is 51.5 Å². The first-order valence-corrected chi connectivity index (χ1v) is 5.64. The standard InChI is InChI=1S/C11H10Cl2FN3/c1-17-11(8(13)5-16-17)10(15)7-3-2-6(12)4-9(7)14/h2-5,10H,15H2,1H3. The molecule has 1 aromatic carbocycles. The predicted octanol–water partition coefficient (Wildman–Crippen LogP) is 2.91. The van der Waals surface area contributed by atoms with Gasteiger partial charge in [-0.15, -0.1) is 0 Å². The summed E-state index contributed by atoms with van der Waals surface area (Å²) in [6, 6.07) is 3.68. The van der Waals surface area contributed by atoms with Gasteiger partial charge in [-0.1, -0.05) is 29.3 Å². The molecule has 0 aliphatic carbocycles. The van der Waals surface area contributed by atoms with Crippen LogP contribution in [0.1, 0.15) is 17.3 Å². The van der Waals surface area contributed by atoms with Gasteiger partial charge in [0.1, 0.15) is 5.82 Å². The fourth-order valence-corrected chi connectivity index (χ4v) is 2.11. The summed E-state index contributed by atoms with van der Waals surface area (Å²) in [7, 11) is 1.70. The van der Waals surface area contributed by atoms with Crippen LogP contribution in [-0.2, 0) is 7.05 Å². The minimum Gasteiger partial charge on any atom is -0.319 e. The van der Waals surface area contributed by atoms with E-state index in [-0.39, 0.29) is 0 Å². The SMILES string of the molecule is Cn1ncc(Cl)c1C(N)c1ccc(Cl)cc1F. The Hall–Kier alpha value is -1.10. The molecular formula is C11H10Cl2FN3. The second-order valence-corrected chi connectivity index (χ2v) is 4.49. The summed E-state index contributed by atoms with van der Waals surface area (Å²) in [6.45, 7) is 0. The highest BCUT2D eigenvalue weighted by molar-refractivity contribution is 6.31. The minimum atomic E-state index is -0.674. The molecule has 2 aromatic rings. The normalized spacial score (nSPS) is 12.8. The van der Waals surface area contributed by atoms with Crippen LogP contribution in [0, 0.1) is 5.82 Å². The third-order valence-electron chi connectivity index (χ3n) is 2.53. The largest absolute Gasteiger partial charge is 0.319 e. The molecule has 1 aromatic heterocycles. The quantitative estimate of drug-likeness (QED) is 0.915. The molecule has 0 amide bonds. The predicted molar refractivity (Wildman–Crippen MR) is 65.7 cm³/mol. The molecule has 2 rings (SSSR count). The Morgan fingerprint density at radius 2 is 2.12 bits per heavy atom. The molecule has 0 saturated heterocycles. The molecular weight excluding hydrogens is 264 g/mol. The first-order chi connectivity index (χ1) is 8.00. The summed E-state index contributed by atoms with van der Waals surface area (Å²) in [5, 5.41) is 4.71. The maximum atomic E-state index is 13.7. The number of benzene rings is 1. The van der Waals surface area contributed by atoms with Crippen molar-refractivity contribution in [2.24, 2.45) is 12.8 Å². The van der Waals surface area contributed by atoms with E-state index in [0.717, 1.165) is 0 Å². The Morgan fingerprint density at radius 1 is 1.41 bits per heavy atom. The lowest BCUT2D eigenvalue weighted by molar-refractivity contribution is 0.586. The summed E-state index contributed by atoms with van der Waals surface area (Å²) >= 11 is 11.6. The molecule has 0 spiro atoms. The third kappa shape index (κ3) is 2.29. The van der Waals surface area contributed by atoms with E-state index in [2.05, 4.69) is 5.10 Å². The zero-order valence-electron chi connectivity index (χ0n) is 8.99. The lowest BCUT2D eigenvalue weighted by Gasteiger charge is -2.14. The van der Waals surface area contributed by atoms with Crippen LogP contribution in [0.15, 0.2) is 24.4 Å². The monoisotopic (exact) mass is 273 g/mol. The van der Waals surface area contributed by atoms with Crippen molar-refractivity contribution in [3.63, 3.8) is 0 Å². The van der Waals surface area contributed by atoms with Crippen LogP contribution in [-0.4, -0.2) is 9.78 Å². The van der Waals surface area contributed by atoms with E-state index >= 15 is 0 Å². The van der Waals surface area contributed by atoms with Gasteiger partial charge in [-0.05, 0) is 12.1 Å². The third-order valence-corrected chi connectivity index (χ3v) is 3.06. The maximum absolute atomic E-state index is 13.7. The second kappa shape index (κ2) is 4.64. The first kappa shape index (κ1) is 12.4. The van der Waals surface area contributed by atoms with E-state index in [1.165, 1.54) is 16.9 Å². The Bertz CT molecular complexity index is 534. The summed E-state index contributed by atoms with van der Waals surface area (Å²) < 4.78 is 15.2. The smallest absolute Gasteiger partial charge is 0.129 e. The highest BCUT2D eigenvalue weighted by atomic mass is 35.5. The molecule has 1 unspecified atom stereocenters.